The van der Waals surface area contributed by atoms with E-state index in [0.29, 0.717) is 6.04 Å². The minimum Gasteiger partial charge on any atom is -0.310 e. The average molecular weight is 265 g/mol. The van der Waals surface area contributed by atoms with Crippen LogP contribution in [-0.4, -0.2) is 17.6 Å². The third kappa shape index (κ3) is 1.64. The fourth-order valence-corrected chi connectivity index (χ4v) is 2.86. The van der Waals surface area contributed by atoms with Gasteiger partial charge in [0.25, 0.3) is 0 Å². The van der Waals surface area contributed by atoms with Crippen molar-refractivity contribution in [3.05, 3.63) is 34.6 Å². The molecule has 1 aliphatic carbocycles. The van der Waals surface area contributed by atoms with Crippen molar-refractivity contribution in [1.29, 1.82) is 0 Å². The van der Waals surface area contributed by atoms with Crippen molar-refractivity contribution in [2.24, 2.45) is 5.92 Å². The largest absolute Gasteiger partial charge is 0.310 e. The van der Waals surface area contributed by atoms with Crippen molar-refractivity contribution >= 4 is 21.5 Å². The first-order chi connectivity index (χ1) is 7.34. The van der Waals surface area contributed by atoms with Gasteiger partial charge in [-0.05, 0) is 58.4 Å². The number of nitrogens with zero attached hydrogens (tertiary/aromatic N) is 1. The van der Waals surface area contributed by atoms with Crippen LogP contribution in [0.2, 0.25) is 0 Å². The first-order valence-electron chi connectivity index (χ1n) is 5.40. The van der Waals surface area contributed by atoms with Gasteiger partial charge in [0.15, 0.2) is 0 Å². The molecular weight excluding hydrogens is 252 g/mol. The van der Waals surface area contributed by atoms with Gasteiger partial charge in [-0.1, -0.05) is 12.1 Å². The molecule has 2 heterocycles. The Kier molecular flexibility index (Phi) is 2.37. The minimum atomic E-state index is 0.577. The van der Waals surface area contributed by atoms with Crippen LogP contribution in [0.15, 0.2) is 29.0 Å². The molecule has 3 heteroatoms. The number of rotatable bonds is 1. The summed E-state index contributed by atoms with van der Waals surface area (Å²) in [7, 11) is 0. The molecule has 2 atom stereocenters. The summed E-state index contributed by atoms with van der Waals surface area (Å²) < 4.78 is 0.903. The first kappa shape index (κ1) is 9.55. The minimum absolute atomic E-state index is 0.577. The van der Waals surface area contributed by atoms with E-state index in [-0.39, 0.29) is 0 Å². The molecule has 2 nitrogen and oxygen atoms in total. The Hall–Kier alpha value is -0.670. The number of aromatic nitrogens is 1. The fraction of sp³-hybridized carbons (Fsp3) is 0.417. The monoisotopic (exact) mass is 264 g/mol. The summed E-state index contributed by atoms with van der Waals surface area (Å²) in [4.78, 5) is 4.29. The van der Waals surface area contributed by atoms with E-state index in [9.17, 15) is 0 Å². The molecule has 0 spiro atoms. The van der Waals surface area contributed by atoms with E-state index in [1.165, 1.54) is 24.0 Å². The number of hydrogen-bond acceptors (Lipinski definition) is 2. The zero-order chi connectivity index (χ0) is 10.3. The van der Waals surface area contributed by atoms with Crippen LogP contribution in [-0.2, 0) is 0 Å². The van der Waals surface area contributed by atoms with Gasteiger partial charge in [-0.2, -0.15) is 0 Å². The maximum absolute atomic E-state index is 4.29. The van der Waals surface area contributed by atoms with E-state index in [1.54, 1.807) is 0 Å². The summed E-state index contributed by atoms with van der Waals surface area (Å²) in [6.45, 7) is 1.16. The summed E-state index contributed by atoms with van der Waals surface area (Å²) in [6, 6.07) is 4.73. The van der Waals surface area contributed by atoms with Crippen LogP contribution in [0.1, 0.15) is 18.4 Å². The maximum atomic E-state index is 4.29. The van der Waals surface area contributed by atoms with E-state index in [0.717, 1.165) is 17.1 Å². The van der Waals surface area contributed by atoms with Crippen molar-refractivity contribution in [2.45, 2.75) is 18.9 Å². The summed E-state index contributed by atoms with van der Waals surface area (Å²) in [5.41, 5.74) is 2.71. The van der Waals surface area contributed by atoms with Gasteiger partial charge in [-0.15, -0.1) is 0 Å². The van der Waals surface area contributed by atoms with Crippen LogP contribution in [0, 0.1) is 5.92 Å². The van der Waals surface area contributed by atoms with Crippen LogP contribution in [0.4, 0.5) is 0 Å². The molecule has 1 saturated heterocycles. The molecule has 78 valence electrons. The second kappa shape index (κ2) is 3.72. The summed E-state index contributed by atoms with van der Waals surface area (Å²) in [5.74, 6) is 0.823. The van der Waals surface area contributed by atoms with Crippen LogP contribution >= 0.6 is 15.9 Å². The first-order valence-corrected chi connectivity index (χ1v) is 6.19. The number of allylic oxidation sites excluding steroid dienone is 1. The Balaban J connectivity index is 1.91. The molecular formula is C12H13BrN2. The zero-order valence-corrected chi connectivity index (χ0v) is 10.00. The smallest absolute Gasteiger partial charge is 0.106 e. The predicted octanol–water partition coefficient (Wildman–Crippen LogP) is 2.61. The summed E-state index contributed by atoms with van der Waals surface area (Å²) in [6.07, 6.45) is 6.86. The number of pyridine rings is 1. The van der Waals surface area contributed by atoms with Crippen molar-refractivity contribution < 1.29 is 0 Å². The molecule has 0 amide bonds. The molecule has 1 fully saturated rings. The highest BCUT2D eigenvalue weighted by Gasteiger charge is 2.33. The van der Waals surface area contributed by atoms with Crippen molar-refractivity contribution in [3.63, 3.8) is 0 Å². The lowest BCUT2D eigenvalue weighted by molar-refractivity contribution is 0.557. The predicted molar refractivity (Wildman–Crippen MR) is 64.4 cm³/mol. The molecule has 1 aromatic heterocycles. The fourth-order valence-electron chi connectivity index (χ4n) is 2.62. The van der Waals surface area contributed by atoms with E-state index < -0.39 is 0 Å². The topological polar surface area (TPSA) is 24.9 Å². The summed E-state index contributed by atoms with van der Waals surface area (Å²) >= 11 is 3.36. The van der Waals surface area contributed by atoms with E-state index in [2.05, 4.69) is 38.4 Å². The molecule has 15 heavy (non-hydrogen) atoms. The second-order valence-electron chi connectivity index (χ2n) is 4.25. The van der Waals surface area contributed by atoms with Crippen LogP contribution in [0.25, 0.3) is 5.57 Å². The van der Waals surface area contributed by atoms with E-state index in [1.807, 2.05) is 12.3 Å². The molecule has 0 radical (unpaired) electrons. The van der Waals surface area contributed by atoms with Crippen molar-refractivity contribution in [3.8, 4) is 0 Å². The molecule has 3 rings (SSSR count). The molecule has 2 aliphatic rings. The molecule has 0 unspecified atom stereocenters. The Bertz CT molecular complexity index is 397. The van der Waals surface area contributed by atoms with Crippen LogP contribution in [0.5, 0.6) is 0 Å². The van der Waals surface area contributed by atoms with Gasteiger partial charge in [0.1, 0.15) is 4.60 Å². The van der Waals surface area contributed by atoms with Crippen molar-refractivity contribution in [2.75, 3.05) is 6.54 Å². The van der Waals surface area contributed by atoms with Crippen LogP contribution in [0.3, 0.4) is 0 Å². The van der Waals surface area contributed by atoms with Crippen LogP contribution < -0.4 is 5.32 Å². The SMILES string of the molecule is Brc1ccc(C2=CC[C@H]3CCN[C@@H]23)cn1. The molecule has 1 N–H and O–H groups in total. The number of fused-ring (bicyclic) bond motifs is 1. The van der Waals surface area contributed by atoms with Gasteiger partial charge in [-0.25, -0.2) is 4.98 Å². The average Bonchev–Trinajstić information content (AvgIpc) is 2.80. The van der Waals surface area contributed by atoms with Gasteiger partial charge in [0.2, 0.25) is 0 Å². The van der Waals surface area contributed by atoms with Gasteiger partial charge in [-0.3, -0.25) is 0 Å². The molecule has 0 saturated carbocycles. The number of nitrogens with one attached hydrogen (secondary N) is 1. The summed E-state index contributed by atoms with van der Waals surface area (Å²) in [5, 5.41) is 3.57. The Morgan fingerprint density at radius 3 is 3.13 bits per heavy atom. The lowest BCUT2D eigenvalue weighted by Crippen LogP contribution is -2.24. The highest BCUT2D eigenvalue weighted by molar-refractivity contribution is 9.10. The molecule has 0 aromatic carbocycles. The number of halogens is 1. The van der Waals surface area contributed by atoms with Gasteiger partial charge >= 0.3 is 0 Å². The highest BCUT2D eigenvalue weighted by atomic mass is 79.9. The third-order valence-electron chi connectivity index (χ3n) is 3.39. The second-order valence-corrected chi connectivity index (χ2v) is 5.06. The number of hydrogen-bond donors (Lipinski definition) is 1. The lowest BCUT2D eigenvalue weighted by Gasteiger charge is -2.14. The highest BCUT2D eigenvalue weighted by Crippen LogP contribution is 2.37. The molecule has 1 aliphatic heterocycles. The Morgan fingerprint density at radius 1 is 1.40 bits per heavy atom. The normalized spacial score (nSPS) is 29.0. The third-order valence-corrected chi connectivity index (χ3v) is 3.86. The Labute approximate surface area is 97.9 Å². The van der Waals surface area contributed by atoms with Gasteiger partial charge in [0, 0.05) is 12.2 Å². The van der Waals surface area contributed by atoms with Gasteiger partial charge < -0.3 is 5.32 Å². The molecule has 0 bridgehead atoms. The lowest BCUT2D eigenvalue weighted by atomic mass is 9.97. The van der Waals surface area contributed by atoms with Gasteiger partial charge in [0.05, 0.1) is 0 Å². The van der Waals surface area contributed by atoms with E-state index >= 15 is 0 Å². The Morgan fingerprint density at radius 2 is 2.33 bits per heavy atom. The quantitative estimate of drug-likeness (QED) is 0.789. The van der Waals surface area contributed by atoms with E-state index in [4.69, 9.17) is 0 Å². The zero-order valence-electron chi connectivity index (χ0n) is 8.41. The van der Waals surface area contributed by atoms with Crippen molar-refractivity contribution in [1.82, 2.24) is 10.3 Å². The standard InChI is InChI=1S/C12H13BrN2/c13-11-4-2-9(7-15-11)10-3-1-8-5-6-14-12(8)10/h2-4,7-8,12,14H,1,5-6H2/t8-,12+/m0/s1. The molecule has 1 aromatic rings. The maximum Gasteiger partial charge on any atom is 0.106 e.